The molecule has 0 bridgehead atoms. The highest BCUT2D eigenvalue weighted by molar-refractivity contribution is 5.82. The number of carboxylic acids is 1. The molecule has 0 aromatic carbocycles. The molecule has 0 fully saturated rings. The van der Waals surface area contributed by atoms with Crippen molar-refractivity contribution in [2.45, 2.75) is 32.2 Å². The maximum absolute atomic E-state index is 11.3. The van der Waals surface area contributed by atoms with E-state index in [1.54, 1.807) is 0 Å². The van der Waals surface area contributed by atoms with Gasteiger partial charge in [-0.3, -0.25) is 0 Å². The van der Waals surface area contributed by atoms with E-state index in [1.807, 2.05) is 6.92 Å². The molecule has 0 aromatic heterocycles. The number of carbonyl (C=O) groups excluding carboxylic acids is 2. The van der Waals surface area contributed by atoms with E-state index >= 15 is 0 Å². The molecule has 0 saturated heterocycles. The van der Waals surface area contributed by atoms with Crippen molar-refractivity contribution in [1.29, 1.82) is 0 Å². The minimum atomic E-state index is -1.08. The summed E-state index contributed by atoms with van der Waals surface area (Å²) in [5.74, 6) is -1.08. The Labute approximate surface area is 105 Å². The van der Waals surface area contributed by atoms with E-state index < -0.39 is 24.1 Å². The van der Waals surface area contributed by atoms with Gasteiger partial charge in [0.05, 0.1) is 6.54 Å². The van der Waals surface area contributed by atoms with Crippen LogP contribution in [0.5, 0.6) is 0 Å². The predicted molar refractivity (Wildman–Crippen MR) is 63.0 cm³/mol. The van der Waals surface area contributed by atoms with E-state index in [-0.39, 0.29) is 13.2 Å². The summed E-state index contributed by atoms with van der Waals surface area (Å²) < 4.78 is 4.39. The van der Waals surface area contributed by atoms with Crippen molar-refractivity contribution < 1.29 is 24.2 Å². The fraction of sp³-hybridized carbons (Fsp3) is 0.700. The fourth-order valence-electron chi connectivity index (χ4n) is 1.19. The third-order valence-electron chi connectivity index (χ3n) is 2.08. The standard InChI is InChI=1S/C10H19N3O5/c1-2-3-4-7(8(14)15)13-10(17)12-5-6-18-9(11)16/h7H,2-6H2,1H3,(H2,11,16)(H,14,15)(H2,12,13,17). The number of unbranched alkanes of at least 4 members (excludes halogenated alkanes) is 1. The zero-order valence-electron chi connectivity index (χ0n) is 10.3. The molecule has 0 aliphatic carbocycles. The number of ether oxygens (including phenoxy) is 1. The quantitative estimate of drug-likeness (QED) is 0.458. The molecular weight excluding hydrogens is 242 g/mol. The Hall–Kier alpha value is -1.99. The van der Waals surface area contributed by atoms with Crippen LogP contribution in [-0.2, 0) is 9.53 Å². The number of nitrogens with one attached hydrogen (secondary N) is 2. The second kappa shape index (κ2) is 9.08. The summed E-state index contributed by atoms with van der Waals surface area (Å²) in [6.07, 6.45) is 1.00. The average molecular weight is 261 g/mol. The molecule has 0 radical (unpaired) electrons. The topological polar surface area (TPSA) is 131 Å². The molecule has 5 N–H and O–H groups in total. The van der Waals surface area contributed by atoms with Gasteiger partial charge in [0.2, 0.25) is 0 Å². The molecule has 1 unspecified atom stereocenters. The van der Waals surface area contributed by atoms with Gasteiger partial charge in [-0.1, -0.05) is 19.8 Å². The lowest BCUT2D eigenvalue weighted by atomic mass is 10.1. The fourth-order valence-corrected chi connectivity index (χ4v) is 1.19. The number of hydrogen-bond acceptors (Lipinski definition) is 4. The minimum absolute atomic E-state index is 0.0601. The van der Waals surface area contributed by atoms with Crippen LogP contribution in [0.25, 0.3) is 0 Å². The van der Waals surface area contributed by atoms with Crippen molar-refractivity contribution >= 4 is 18.1 Å². The molecule has 0 aliphatic rings. The maximum Gasteiger partial charge on any atom is 0.404 e. The van der Waals surface area contributed by atoms with E-state index in [4.69, 9.17) is 10.8 Å². The second-order valence-corrected chi connectivity index (χ2v) is 3.60. The molecule has 8 heteroatoms. The molecule has 0 heterocycles. The first-order valence-corrected chi connectivity index (χ1v) is 5.66. The third kappa shape index (κ3) is 8.20. The summed E-state index contributed by atoms with van der Waals surface area (Å²) in [6, 6.07) is -1.53. The molecule has 8 nitrogen and oxygen atoms in total. The van der Waals surface area contributed by atoms with Gasteiger partial charge in [0.1, 0.15) is 12.6 Å². The molecule has 0 aliphatic heterocycles. The number of primary amides is 1. The highest BCUT2D eigenvalue weighted by atomic mass is 16.5. The van der Waals surface area contributed by atoms with Crippen LogP contribution in [0.15, 0.2) is 0 Å². The number of carboxylic acid groups (broad SMARTS) is 1. The van der Waals surface area contributed by atoms with Crippen molar-refractivity contribution in [3.63, 3.8) is 0 Å². The van der Waals surface area contributed by atoms with Crippen molar-refractivity contribution in [2.24, 2.45) is 5.73 Å². The molecule has 3 amide bonds. The van der Waals surface area contributed by atoms with Crippen LogP contribution in [-0.4, -0.2) is 42.4 Å². The number of rotatable bonds is 8. The molecule has 104 valence electrons. The van der Waals surface area contributed by atoms with Gasteiger partial charge >= 0.3 is 18.1 Å². The van der Waals surface area contributed by atoms with Crippen molar-refractivity contribution in [3.05, 3.63) is 0 Å². The lowest BCUT2D eigenvalue weighted by molar-refractivity contribution is -0.139. The Morgan fingerprint density at radius 3 is 2.56 bits per heavy atom. The Balaban J connectivity index is 3.87. The molecule has 0 spiro atoms. The van der Waals surface area contributed by atoms with Crippen LogP contribution >= 0.6 is 0 Å². The Kier molecular flexibility index (Phi) is 8.08. The van der Waals surface area contributed by atoms with Crippen LogP contribution in [0.1, 0.15) is 26.2 Å². The van der Waals surface area contributed by atoms with Crippen LogP contribution in [0.4, 0.5) is 9.59 Å². The molecule has 0 saturated carbocycles. The van der Waals surface area contributed by atoms with Crippen molar-refractivity contribution in [2.75, 3.05) is 13.2 Å². The van der Waals surface area contributed by atoms with Crippen LogP contribution in [0, 0.1) is 0 Å². The van der Waals surface area contributed by atoms with E-state index in [2.05, 4.69) is 15.4 Å². The molecule has 0 aromatic rings. The van der Waals surface area contributed by atoms with Crippen molar-refractivity contribution in [1.82, 2.24) is 10.6 Å². The summed E-state index contributed by atoms with van der Waals surface area (Å²) in [5.41, 5.74) is 4.72. The molecule has 1 atom stereocenters. The Morgan fingerprint density at radius 2 is 2.06 bits per heavy atom. The largest absolute Gasteiger partial charge is 0.480 e. The van der Waals surface area contributed by atoms with E-state index in [9.17, 15) is 14.4 Å². The highest BCUT2D eigenvalue weighted by Gasteiger charge is 2.18. The van der Waals surface area contributed by atoms with Crippen LogP contribution in [0.2, 0.25) is 0 Å². The summed E-state index contributed by atoms with van der Waals surface area (Å²) >= 11 is 0. The van der Waals surface area contributed by atoms with E-state index in [0.29, 0.717) is 12.8 Å². The number of hydrogen-bond donors (Lipinski definition) is 4. The Bertz CT molecular complexity index is 295. The number of carbonyl (C=O) groups is 3. The Morgan fingerprint density at radius 1 is 1.39 bits per heavy atom. The lowest BCUT2D eigenvalue weighted by Gasteiger charge is -2.14. The number of aliphatic carboxylic acids is 1. The summed E-state index contributed by atoms with van der Waals surface area (Å²) in [7, 11) is 0. The van der Waals surface area contributed by atoms with E-state index in [0.717, 1.165) is 6.42 Å². The van der Waals surface area contributed by atoms with Gasteiger partial charge < -0.3 is 26.2 Å². The lowest BCUT2D eigenvalue weighted by Crippen LogP contribution is -2.46. The van der Waals surface area contributed by atoms with Gasteiger partial charge in [-0.25, -0.2) is 14.4 Å². The van der Waals surface area contributed by atoms with E-state index in [1.165, 1.54) is 0 Å². The normalized spacial score (nSPS) is 11.4. The molecule has 0 rings (SSSR count). The van der Waals surface area contributed by atoms with Gasteiger partial charge in [0, 0.05) is 0 Å². The number of nitrogens with two attached hydrogens (primary N) is 1. The number of urea groups is 1. The van der Waals surface area contributed by atoms with Crippen LogP contribution < -0.4 is 16.4 Å². The summed E-state index contributed by atoms with van der Waals surface area (Å²) in [4.78, 5) is 32.4. The highest BCUT2D eigenvalue weighted by Crippen LogP contribution is 2.00. The van der Waals surface area contributed by atoms with Crippen LogP contribution in [0.3, 0.4) is 0 Å². The van der Waals surface area contributed by atoms with Gasteiger partial charge in [0.25, 0.3) is 0 Å². The second-order valence-electron chi connectivity index (χ2n) is 3.60. The molecular formula is C10H19N3O5. The third-order valence-corrected chi connectivity index (χ3v) is 2.08. The predicted octanol–water partition coefficient (Wildman–Crippen LogP) is 0.0243. The van der Waals surface area contributed by atoms with Gasteiger partial charge in [-0.2, -0.15) is 0 Å². The van der Waals surface area contributed by atoms with Gasteiger partial charge in [0.15, 0.2) is 0 Å². The first-order chi connectivity index (χ1) is 8.47. The van der Waals surface area contributed by atoms with Crippen molar-refractivity contribution in [3.8, 4) is 0 Å². The minimum Gasteiger partial charge on any atom is -0.480 e. The smallest absolute Gasteiger partial charge is 0.404 e. The van der Waals surface area contributed by atoms with Gasteiger partial charge in [-0.15, -0.1) is 0 Å². The first-order valence-electron chi connectivity index (χ1n) is 5.66. The average Bonchev–Trinajstić information content (AvgIpc) is 2.29. The maximum atomic E-state index is 11.3. The monoisotopic (exact) mass is 261 g/mol. The number of amides is 3. The SMILES string of the molecule is CCCCC(NC(=O)NCCOC(N)=O)C(=O)O. The zero-order chi connectivity index (χ0) is 14.0. The molecule has 18 heavy (non-hydrogen) atoms. The zero-order valence-corrected chi connectivity index (χ0v) is 10.3. The summed E-state index contributed by atoms with van der Waals surface area (Å²) in [5, 5.41) is 13.5. The first kappa shape index (κ1) is 16.0. The van der Waals surface area contributed by atoms with Gasteiger partial charge in [-0.05, 0) is 6.42 Å². The summed E-state index contributed by atoms with van der Waals surface area (Å²) in [6.45, 7) is 1.94.